The molecule has 0 heterocycles. The lowest BCUT2D eigenvalue weighted by Gasteiger charge is -2.14. The molecule has 0 bridgehead atoms. The van der Waals surface area contributed by atoms with Crippen molar-refractivity contribution in [3.8, 4) is 16.9 Å². The van der Waals surface area contributed by atoms with Gasteiger partial charge in [-0.3, -0.25) is 0 Å². The lowest BCUT2D eigenvalue weighted by Crippen LogP contribution is -2.04. The molecule has 0 aliphatic carbocycles. The van der Waals surface area contributed by atoms with Gasteiger partial charge in [0.25, 0.3) is 0 Å². The fraction of sp³-hybridized carbons (Fsp3) is 0.280. The summed E-state index contributed by atoms with van der Waals surface area (Å²) in [4.78, 5) is 0. The summed E-state index contributed by atoms with van der Waals surface area (Å²) >= 11 is 0. The van der Waals surface area contributed by atoms with Gasteiger partial charge < -0.3 is 5.11 Å². The van der Waals surface area contributed by atoms with Crippen LogP contribution < -0.4 is 0 Å². The van der Waals surface area contributed by atoms with E-state index in [-0.39, 0.29) is 24.0 Å². The Labute approximate surface area is 182 Å². The molecule has 0 atom stereocenters. The predicted molar refractivity (Wildman–Crippen MR) is 110 cm³/mol. The minimum atomic E-state index is -1.63. The Hall–Kier alpha value is -2.96. The van der Waals surface area contributed by atoms with E-state index in [1.807, 2.05) is 6.92 Å². The molecule has 1 nitrogen and oxygen atoms in total. The second-order valence-corrected chi connectivity index (χ2v) is 7.69. The van der Waals surface area contributed by atoms with Crippen molar-refractivity contribution >= 4 is 0 Å². The van der Waals surface area contributed by atoms with Gasteiger partial charge in [0, 0.05) is 17.2 Å². The topological polar surface area (TPSA) is 20.2 Å². The second kappa shape index (κ2) is 10.1. The van der Waals surface area contributed by atoms with Crippen LogP contribution in [0.2, 0.25) is 0 Å². The Kier molecular flexibility index (Phi) is 7.48. The molecular weight excluding hydrogens is 430 g/mol. The Bertz CT molecular complexity index is 1100. The molecule has 0 radical (unpaired) electrons. The fourth-order valence-corrected chi connectivity index (χ4v) is 3.65. The molecule has 3 rings (SSSR count). The molecule has 3 aromatic carbocycles. The van der Waals surface area contributed by atoms with Crippen LogP contribution in [0.3, 0.4) is 0 Å². The third kappa shape index (κ3) is 5.09. The molecule has 170 valence electrons. The second-order valence-electron chi connectivity index (χ2n) is 7.69. The average Bonchev–Trinajstić information content (AvgIpc) is 2.73. The molecule has 0 aliphatic heterocycles. The van der Waals surface area contributed by atoms with E-state index in [0.717, 1.165) is 37.0 Å². The predicted octanol–water partition coefficient (Wildman–Crippen LogP) is 7.41. The number of hydrogen-bond acceptors (Lipinski definition) is 1. The number of phenols is 1. The van der Waals surface area contributed by atoms with Gasteiger partial charge in [0.1, 0.15) is 23.2 Å². The highest BCUT2D eigenvalue weighted by molar-refractivity contribution is 5.72. The average molecular weight is 452 g/mol. The largest absolute Gasteiger partial charge is 0.507 e. The zero-order valence-corrected chi connectivity index (χ0v) is 17.4. The minimum Gasteiger partial charge on any atom is -0.507 e. The minimum absolute atomic E-state index is 0.00237. The SMILES string of the molecule is CCCCCc1ccc(-c2c(O)cc(F)c(CCc3cc(F)c(F)c(F)c3)c2F)c(F)c1. The van der Waals surface area contributed by atoms with Crippen molar-refractivity contribution in [3.63, 3.8) is 0 Å². The van der Waals surface area contributed by atoms with E-state index in [9.17, 15) is 27.1 Å². The zero-order valence-electron chi connectivity index (χ0n) is 17.4. The summed E-state index contributed by atoms with van der Waals surface area (Å²) < 4.78 is 84.2. The molecule has 32 heavy (non-hydrogen) atoms. The maximum Gasteiger partial charge on any atom is 0.194 e. The van der Waals surface area contributed by atoms with Gasteiger partial charge in [0.05, 0.1) is 5.56 Å². The van der Waals surface area contributed by atoms with Crippen molar-refractivity contribution in [1.82, 2.24) is 0 Å². The zero-order chi connectivity index (χ0) is 23.4. The van der Waals surface area contributed by atoms with Crippen LogP contribution in [0.1, 0.15) is 42.9 Å². The number of aromatic hydroxyl groups is 1. The summed E-state index contributed by atoms with van der Waals surface area (Å²) in [6.07, 6.45) is 2.98. The van der Waals surface area contributed by atoms with Crippen molar-refractivity contribution in [2.75, 3.05) is 0 Å². The van der Waals surface area contributed by atoms with Gasteiger partial charge in [-0.15, -0.1) is 0 Å². The molecule has 1 N–H and O–H groups in total. The Morgan fingerprint density at radius 2 is 1.31 bits per heavy atom. The van der Waals surface area contributed by atoms with Crippen LogP contribution in [0.4, 0.5) is 26.3 Å². The summed E-state index contributed by atoms with van der Waals surface area (Å²) in [7, 11) is 0. The lowest BCUT2D eigenvalue weighted by atomic mass is 9.95. The molecule has 0 saturated heterocycles. The summed E-state index contributed by atoms with van der Waals surface area (Å²) in [6.45, 7) is 2.05. The van der Waals surface area contributed by atoms with E-state index in [0.29, 0.717) is 12.5 Å². The van der Waals surface area contributed by atoms with Crippen LogP contribution in [0.5, 0.6) is 5.75 Å². The highest BCUT2D eigenvalue weighted by atomic mass is 19.2. The molecular formula is C25H22F6O. The Balaban J connectivity index is 1.92. The van der Waals surface area contributed by atoms with E-state index >= 15 is 4.39 Å². The third-order valence-corrected chi connectivity index (χ3v) is 5.37. The van der Waals surface area contributed by atoms with Crippen LogP contribution in [0.15, 0.2) is 36.4 Å². The van der Waals surface area contributed by atoms with Crippen molar-refractivity contribution in [3.05, 3.63) is 88.0 Å². The van der Waals surface area contributed by atoms with Crippen LogP contribution in [-0.4, -0.2) is 5.11 Å². The molecule has 0 saturated carbocycles. The monoisotopic (exact) mass is 452 g/mol. The highest BCUT2D eigenvalue weighted by Gasteiger charge is 2.22. The summed E-state index contributed by atoms with van der Waals surface area (Å²) in [5.41, 5.74) is -0.469. The van der Waals surface area contributed by atoms with Crippen LogP contribution >= 0.6 is 0 Å². The number of benzene rings is 3. The van der Waals surface area contributed by atoms with Gasteiger partial charge in [-0.25, -0.2) is 26.3 Å². The van der Waals surface area contributed by atoms with E-state index in [4.69, 9.17) is 0 Å². The Morgan fingerprint density at radius 3 is 1.94 bits per heavy atom. The first-order valence-electron chi connectivity index (χ1n) is 10.3. The first-order valence-corrected chi connectivity index (χ1v) is 10.3. The van der Waals surface area contributed by atoms with Gasteiger partial charge in [-0.05, 0) is 55.0 Å². The summed E-state index contributed by atoms with van der Waals surface area (Å²) in [5.74, 6) is -8.21. The summed E-state index contributed by atoms with van der Waals surface area (Å²) in [5, 5.41) is 10.1. The number of aryl methyl sites for hydroxylation is 2. The van der Waals surface area contributed by atoms with Gasteiger partial charge >= 0.3 is 0 Å². The first kappa shape index (κ1) is 23.7. The number of rotatable bonds is 8. The van der Waals surface area contributed by atoms with Crippen molar-refractivity contribution in [2.45, 2.75) is 45.4 Å². The standard InChI is InChI=1S/C25H22F6O/c1-2-3-4-5-14-6-8-16(18(26)10-14)23-22(32)13-19(27)17(24(23)30)9-7-15-11-20(28)25(31)21(29)12-15/h6,8,10-13,32H,2-5,7,9H2,1H3. The van der Waals surface area contributed by atoms with Gasteiger partial charge in [-0.2, -0.15) is 0 Å². The fourth-order valence-electron chi connectivity index (χ4n) is 3.65. The lowest BCUT2D eigenvalue weighted by molar-refractivity contribution is 0.445. The molecule has 0 aliphatic rings. The van der Waals surface area contributed by atoms with Gasteiger partial charge in [0.15, 0.2) is 17.5 Å². The van der Waals surface area contributed by atoms with Crippen LogP contribution in [0.25, 0.3) is 11.1 Å². The van der Waals surface area contributed by atoms with Gasteiger partial charge in [-0.1, -0.05) is 31.9 Å². The van der Waals surface area contributed by atoms with E-state index in [1.54, 1.807) is 6.07 Å². The number of phenolic OH excluding ortho intramolecular Hbond substituents is 1. The number of halogens is 6. The normalized spacial score (nSPS) is 11.2. The molecule has 0 fully saturated rings. The van der Waals surface area contributed by atoms with Crippen LogP contribution in [-0.2, 0) is 19.3 Å². The van der Waals surface area contributed by atoms with E-state index < -0.39 is 51.8 Å². The van der Waals surface area contributed by atoms with Gasteiger partial charge in [0.2, 0.25) is 0 Å². The maximum absolute atomic E-state index is 15.2. The van der Waals surface area contributed by atoms with Crippen LogP contribution in [0, 0.1) is 34.9 Å². The van der Waals surface area contributed by atoms with E-state index in [2.05, 4.69) is 0 Å². The molecule has 3 aromatic rings. The molecule has 0 spiro atoms. The third-order valence-electron chi connectivity index (χ3n) is 5.37. The Morgan fingerprint density at radius 1 is 0.656 bits per heavy atom. The first-order chi connectivity index (χ1) is 15.2. The quantitative estimate of drug-likeness (QED) is 0.214. The number of hydrogen-bond donors (Lipinski definition) is 1. The van der Waals surface area contributed by atoms with Crippen molar-refractivity contribution in [2.24, 2.45) is 0 Å². The van der Waals surface area contributed by atoms with E-state index in [1.165, 1.54) is 12.1 Å². The highest BCUT2D eigenvalue weighted by Crippen LogP contribution is 2.37. The van der Waals surface area contributed by atoms with Crippen molar-refractivity contribution in [1.29, 1.82) is 0 Å². The molecule has 0 unspecified atom stereocenters. The molecule has 0 aromatic heterocycles. The number of unbranched alkanes of at least 4 members (excludes halogenated alkanes) is 2. The smallest absolute Gasteiger partial charge is 0.194 e. The molecule has 0 amide bonds. The maximum atomic E-state index is 15.2. The molecule has 7 heteroatoms. The van der Waals surface area contributed by atoms with Crippen molar-refractivity contribution < 1.29 is 31.4 Å². The summed E-state index contributed by atoms with van der Waals surface area (Å²) in [6, 6.07) is 6.38.